The van der Waals surface area contributed by atoms with E-state index in [0.29, 0.717) is 16.0 Å². The van der Waals surface area contributed by atoms with Crippen LogP contribution in [0.1, 0.15) is 30.9 Å². The number of rotatable bonds is 3. The van der Waals surface area contributed by atoms with Gasteiger partial charge in [0, 0.05) is 0 Å². The van der Waals surface area contributed by atoms with E-state index in [1.807, 2.05) is 6.07 Å². The van der Waals surface area contributed by atoms with Gasteiger partial charge in [-0.1, -0.05) is 42.1 Å². The molecule has 1 nitrogen and oxygen atoms in total. The minimum Gasteiger partial charge on any atom is -0.388 e. The predicted molar refractivity (Wildman–Crippen MR) is 58.8 cm³/mol. The molecule has 0 saturated heterocycles. The van der Waals surface area contributed by atoms with Gasteiger partial charge in [0.2, 0.25) is 0 Å². The Balaban J connectivity index is 2.10. The Morgan fingerprint density at radius 1 is 1.29 bits per heavy atom. The van der Waals surface area contributed by atoms with Gasteiger partial charge in [0.05, 0.1) is 16.1 Å². The molecule has 1 atom stereocenters. The molecule has 1 unspecified atom stereocenters. The van der Waals surface area contributed by atoms with Gasteiger partial charge in [-0.3, -0.25) is 0 Å². The Labute approximate surface area is 93.7 Å². The van der Waals surface area contributed by atoms with Crippen molar-refractivity contribution in [3.8, 4) is 0 Å². The van der Waals surface area contributed by atoms with Crippen molar-refractivity contribution in [2.45, 2.75) is 25.4 Å². The molecular weight excluding hydrogens is 219 g/mol. The van der Waals surface area contributed by atoms with Gasteiger partial charge in [-0.15, -0.1) is 0 Å². The van der Waals surface area contributed by atoms with Gasteiger partial charge in [-0.25, -0.2) is 0 Å². The molecule has 0 spiro atoms. The van der Waals surface area contributed by atoms with Crippen molar-refractivity contribution in [2.75, 3.05) is 0 Å². The van der Waals surface area contributed by atoms with Crippen molar-refractivity contribution >= 4 is 23.2 Å². The quantitative estimate of drug-likeness (QED) is 0.838. The van der Waals surface area contributed by atoms with E-state index >= 15 is 0 Å². The summed E-state index contributed by atoms with van der Waals surface area (Å²) >= 11 is 11.7. The van der Waals surface area contributed by atoms with Crippen LogP contribution in [0.5, 0.6) is 0 Å². The maximum Gasteiger partial charge on any atom is 0.0793 e. The Hall–Kier alpha value is -0.240. The molecule has 1 fully saturated rings. The molecule has 1 aromatic carbocycles. The van der Waals surface area contributed by atoms with Crippen LogP contribution in [0.4, 0.5) is 0 Å². The van der Waals surface area contributed by atoms with Gasteiger partial charge >= 0.3 is 0 Å². The number of benzene rings is 1. The zero-order chi connectivity index (χ0) is 10.1. The summed E-state index contributed by atoms with van der Waals surface area (Å²) in [5, 5.41) is 10.9. The lowest BCUT2D eigenvalue weighted by Gasteiger charge is -2.10. The highest BCUT2D eigenvalue weighted by Gasteiger charge is 2.25. The van der Waals surface area contributed by atoms with Gasteiger partial charge < -0.3 is 5.11 Å². The molecule has 0 aliphatic heterocycles. The molecular formula is C11H12Cl2O. The second-order valence-electron chi connectivity index (χ2n) is 3.87. The van der Waals surface area contributed by atoms with Gasteiger partial charge in [0.25, 0.3) is 0 Å². The maximum absolute atomic E-state index is 9.84. The van der Waals surface area contributed by atoms with Crippen LogP contribution in [0, 0.1) is 5.92 Å². The third-order valence-electron chi connectivity index (χ3n) is 2.58. The monoisotopic (exact) mass is 230 g/mol. The van der Waals surface area contributed by atoms with E-state index < -0.39 is 6.10 Å². The van der Waals surface area contributed by atoms with E-state index in [4.69, 9.17) is 23.2 Å². The van der Waals surface area contributed by atoms with Crippen molar-refractivity contribution < 1.29 is 5.11 Å². The molecule has 1 aromatic rings. The summed E-state index contributed by atoms with van der Waals surface area (Å²) in [5.41, 5.74) is 0.867. The van der Waals surface area contributed by atoms with Crippen molar-refractivity contribution in [3.63, 3.8) is 0 Å². The van der Waals surface area contributed by atoms with E-state index in [0.717, 1.165) is 12.0 Å². The molecule has 1 saturated carbocycles. The molecule has 1 N–H and O–H groups in total. The summed E-state index contributed by atoms with van der Waals surface area (Å²) in [6.07, 6.45) is 2.95. The third kappa shape index (κ3) is 2.41. The highest BCUT2D eigenvalue weighted by molar-refractivity contribution is 6.42. The fourth-order valence-corrected chi connectivity index (χ4v) is 1.83. The van der Waals surface area contributed by atoms with Crippen molar-refractivity contribution in [1.29, 1.82) is 0 Å². The van der Waals surface area contributed by atoms with E-state index in [2.05, 4.69) is 0 Å². The Bertz CT molecular complexity index is 334. The summed E-state index contributed by atoms with van der Waals surface area (Å²) in [4.78, 5) is 0. The minimum absolute atomic E-state index is 0.391. The number of hydrogen-bond donors (Lipinski definition) is 1. The highest BCUT2D eigenvalue weighted by Crippen LogP contribution is 2.38. The lowest BCUT2D eigenvalue weighted by molar-refractivity contribution is 0.160. The lowest BCUT2D eigenvalue weighted by atomic mass is 10.0. The minimum atomic E-state index is -0.391. The van der Waals surface area contributed by atoms with Crippen LogP contribution >= 0.6 is 23.2 Å². The molecule has 0 radical (unpaired) electrons. The topological polar surface area (TPSA) is 20.2 Å². The van der Waals surface area contributed by atoms with E-state index in [1.54, 1.807) is 12.1 Å². The number of aliphatic hydroxyl groups is 1. The van der Waals surface area contributed by atoms with Crippen molar-refractivity contribution in [1.82, 2.24) is 0 Å². The third-order valence-corrected chi connectivity index (χ3v) is 3.32. The predicted octanol–water partition coefficient (Wildman–Crippen LogP) is 3.83. The molecule has 1 aliphatic rings. The SMILES string of the molecule is OC(CC1CC1)c1ccc(Cl)c(Cl)c1. The standard InChI is InChI=1S/C11H12Cl2O/c12-9-4-3-8(6-10(9)13)11(14)5-7-1-2-7/h3-4,6-7,11,14H,1-2,5H2. The molecule has 76 valence electrons. The molecule has 0 amide bonds. The molecule has 0 heterocycles. The van der Waals surface area contributed by atoms with Crippen LogP contribution in [0.3, 0.4) is 0 Å². The second kappa shape index (κ2) is 4.09. The van der Waals surface area contributed by atoms with Crippen LogP contribution in [0.25, 0.3) is 0 Å². The zero-order valence-electron chi connectivity index (χ0n) is 7.71. The normalized spacial score (nSPS) is 18.2. The first-order chi connectivity index (χ1) is 6.66. The van der Waals surface area contributed by atoms with E-state index in [1.165, 1.54) is 12.8 Å². The smallest absolute Gasteiger partial charge is 0.0793 e. The fourth-order valence-electron chi connectivity index (χ4n) is 1.53. The largest absolute Gasteiger partial charge is 0.388 e. The highest BCUT2D eigenvalue weighted by atomic mass is 35.5. The van der Waals surface area contributed by atoms with Crippen LogP contribution in [-0.4, -0.2) is 5.11 Å². The summed E-state index contributed by atoms with van der Waals surface area (Å²) in [6, 6.07) is 5.31. The molecule has 2 rings (SSSR count). The summed E-state index contributed by atoms with van der Waals surface area (Å²) in [7, 11) is 0. The van der Waals surface area contributed by atoms with Gasteiger partial charge in [0.15, 0.2) is 0 Å². The van der Waals surface area contributed by atoms with Gasteiger partial charge in [-0.05, 0) is 30.0 Å². The molecule has 3 heteroatoms. The fraction of sp³-hybridized carbons (Fsp3) is 0.455. The van der Waals surface area contributed by atoms with E-state index in [9.17, 15) is 5.11 Å². The summed E-state index contributed by atoms with van der Waals surface area (Å²) in [5.74, 6) is 0.708. The Morgan fingerprint density at radius 2 is 2.00 bits per heavy atom. The maximum atomic E-state index is 9.84. The molecule has 0 bridgehead atoms. The van der Waals surface area contributed by atoms with Crippen LogP contribution in [0.2, 0.25) is 10.0 Å². The Kier molecular flexibility index (Phi) is 3.01. The lowest BCUT2D eigenvalue weighted by Crippen LogP contribution is -1.98. The van der Waals surface area contributed by atoms with Crippen LogP contribution in [0.15, 0.2) is 18.2 Å². The van der Waals surface area contributed by atoms with Crippen molar-refractivity contribution in [2.24, 2.45) is 5.92 Å². The number of aliphatic hydroxyl groups excluding tert-OH is 1. The average Bonchev–Trinajstić information content (AvgIpc) is 2.93. The second-order valence-corrected chi connectivity index (χ2v) is 4.68. The van der Waals surface area contributed by atoms with Crippen molar-refractivity contribution in [3.05, 3.63) is 33.8 Å². The number of hydrogen-bond acceptors (Lipinski definition) is 1. The molecule has 14 heavy (non-hydrogen) atoms. The first-order valence-electron chi connectivity index (χ1n) is 4.80. The molecule has 0 aromatic heterocycles. The Morgan fingerprint density at radius 3 is 2.57 bits per heavy atom. The zero-order valence-corrected chi connectivity index (χ0v) is 9.22. The molecule has 1 aliphatic carbocycles. The van der Waals surface area contributed by atoms with Gasteiger partial charge in [-0.2, -0.15) is 0 Å². The summed E-state index contributed by atoms with van der Waals surface area (Å²) < 4.78 is 0. The summed E-state index contributed by atoms with van der Waals surface area (Å²) in [6.45, 7) is 0. The van der Waals surface area contributed by atoms with Crippen LogP contribution in [-0.2, 0) is 0 Å². The first kappa shape index (κ1) is 10.3. The number of halogens is 2. The van der Waals surface area contributed by atoms with Crippen LogP contribution < -0.4 is 0 Å². The van der Waals surface area contributed by atoms with Gasteiger partial charge in [0.1, 0.15) is 0 Å². The first-order valence-corrected chi connectivity index (χ1v) is 5.55. The van der Waals surface area contributed by atoms with E-state index in [-0.39, 0.29) is 0 Å². The average molecular weight is 231 g/mol.